The average molecular weight is 1200 g/mol. The number of carboxylic acid groups (broad SMARTS) is 2. The Morgan fingerprint density at radius 2 is 0.729 bits per heavy atom. The van der Waals surface area contributed by atoms with Crippen LogP contribution in [0.5, 0.6) is 0 Å². The Morgan fingerprint density at radius 1 is 0.441 bits per heavy atom. The van der Waals surface area contributed by atoms with Crippen molar-refractivity contribution in [3.63, 3.8) is 0 Å². The first-order valence-corrected chi connectivity index (χ1v) is 21.9. The summed E-state index contributed by atoms with van der Waals surface area (Å²) >= 11 is 0. The van der Waals surface area contributed by atoms with Gasteiger partial charge in [-0.2, -0.15) is 0 Å². The van der Waals surface area contributed by atoms with Gasteiger partial charge in [0.25, 0.3) is 0 Å². The molecule has 0 amide bonds. The Morgan fingerprint density at radius 3 is 0.966 bits per heavy atom. The van der Waals surface area contributed by atoms with Crippen LogP contribution < -0.4 is 10.2 Å². The van der Waals surface area contributed by atoms with Gasteiger partial charge >= 0.3 is 67.3 Å². The molecule has 59 heavy (non-hydrogen) atoms. The monoisotopic (exact) mass is 1200 g/mol. The van der Waals surface area contributed by atoms with Crippen molar-refractivity contribution in [1.82, 2.24) is 0 Å². The summed E-state index contributed by atoms with van der Waals surface area (Å²) in [6, 6.07) is 25.0. The van der Waals surface area contributed by atoms with Gasteiger partial charge < -0.3 is 34.0 Å². The summed E-state index contributed by atoms with van der Waals surface area (Å²) in [6.07, 6.45) is 23.4. The van der Waals surface area contributed by atoms with Gasteiger partial charge in [-0.05, 0) is 25.0 Å². The fraction of sp³-hybridized carbons (Fsp3) is 0.667. The van der Waals surface area contributed by atoms with E-state index in [4.69, 9.17) is 14.2 Å². The summed E-state index contributed by atoms with van der Waals surface area (Å²) in [5.74, 6) is -5.40. The number of aliphatic carboxylic acids is 2. The zero-order valence-corrected chi connectivity index (χ0v) is 47.8. The van der Waals surface area contributed by atoms with Gasteiger partial charge in [0.1, 0.15) is 13.2 Å². The van der Waals surface area contributed by atoms with E-state index in [-0.39, 0.29) is 94.6 Å². The van der Waals surface area contributed by atoms with Gasteiger partial charge in [0.05, 0.1) is 26.1 Å². The molecular weight excluding hydrogens is 1120 g/mol. The van der Waals surface area contributed by atoms with Crippen LogP contribution in [0, 0.1) is 24.0 Å². The molecule has 0 aromatic heterocycles. The first kappa shape index (κ1) is 61.4. The molecule has 0 fully saturated rings. The maximum atomic E-state index is 12.1. The predicted octanol–water partition coefficient (Wildman–Crippen LogP) is 9.19. The van der Waals surface area contributed by atoms with Crippen LogP contribution in [0.1, 0.15) is 168 Å². The van der Waals surface area contributed by atoms with Gasteiger partial charge in [-0.1, -0.05) is 203 Å². The molecule has 2 rings (SSSR count). The minimum atomic E-state index is -1.23. The van der Waals surface area contributed by atoms with E-state index in [0.29, 0.717) is 12.8 Å². The number of carbonyl (C=O) groups excluding carboxylic acids is 4. The molecule has 0 saturated carbocycles. The molecule has 0 aliphatic heterocycles. The minimum Gasteiger partial charge on any atom is -0.550 e. The van der Waals surface area contributed by atoms with E-state index in [9.17, 15) is 29.4 Å². The molecule has 0 heterocycles. The molecule has 0 bridgehead atoms. The standard InChI is InChI=1S/C36H66O9.2C6H5.2Hg/c1-3-5-7-9-11-13-15-17-19-21-23-31(35(39)40)29-33(37)44-27-25-43-26-28-45-34(38)30-32(36(41)42)24-22-20-18-16-14-12-10-8-6-4-2;2*1-2-4-6-5-3-1;;/h31-32H,3-30H2,1-2H3,(H,39,40)(H,41,42);2*1-5H;;/q;;;2*+1/p-2. The number of ether oxygens (including phenoxy) is 3. The summed E-state index contributed by atoms with van der Waals surface area (Å²) < 4.78 is 15.5. The van der Waals surface area contributed by atoms with Crippen LogP contribution in [0.2, 0.25) is 0 Å². The van der Waals surface area contributed by atoms with Crippen LogP contribution in [0.4, 0.5) is 0 Å². The van der Waals surface area contributed by atoms with Crippen LogP contribution in [0.15, 0.2) is 60.7 Å². The second kappa shape index (κ2) is 48.8. The van der Waals surface area contributed by atoms with Crippen molar-refractivity contribution in [2.45, 2.75) is 168 Å². The van der Waals surface area contributed by atoms with Crippen LogP contribution in [0.3, 0.4) is 0 Å². The van der Waals surface area contributed by atoms with Gasteiger partial charge in [0, 0.05) is 23.8 Å². The van der Waals surface area contributed by atoms with Crippen molar-refractivity contribution in [2.24, 2.45) is 11.8 Å². The van der Waals surface area contributed by atoms with Crippen molar-refractivity contribution in [2.75, 3.05) is 26.4 Å². The van der Waals surface area contributed by atoms with E-state index < -0.39 is 35.7 Å². The second-order valence-corrected chi connectivity index (χ2v) is 14.6. The van der Waals surface area contributed by atoms with Crippen molar-refractivity contribution < 1.29 is 98.9 Å². The second-order valence-electron chi connectivity index (χ2n) is 14.6. The van der Waals surface area contributed by atoms with E-state index >= 15 is 0 Å². The zero-order valence-electron chi connectivity index (χ0n) is 36.8. The van der Waals surface area contributed by atoms with Crippen molar-refractivity contribution in [3.05, 3.63) is 72.8 Å². The fourth-order valence-corrected chi connectivity index (χ4v) is 6.10. The van der Waals surface area contributed by atoms with Gasteiger partial charge in [-0.3, -0.25) is 9.59 Å². The van der Waals surface area contributed by atoms with E-state index in [1.807, 2.05) is 60.7 Å². The first-order valence-electron chi connectivity index (χ1n) is 21.9. The molecule has 0 spiro atoms. The molecular formula is C48H74Hg2O9. The fourth-order valence-electron chi connectivity index (χ4n) is 6.10. The predicted molar refractivity (Wildman–Crippen MR) is 222 cm³/mol. The molecule has 2 unspecified atom stereocenters. The first-order chi connectivity index (χ1) is 27.8. The number of hydrogen-bond acceptors (Lipinski definition) is 9. The Hall–Kier alpha value is -1.85. The van der Waals surface area contributed by atoms with E-state index in [1.54, 1.807) is 0 Å². The number of esters is 2. The topological polar surface area (TPSA) is 142 Å². The number of unbranched alkanes of at least 4 members (excludes halogenated alkanes) is 18. The largest absolute Gasteiger partial charge is 1.00 e. The molecule has 2 aromatic rings. The van der Waals surface area contributed by atoms with Crippen molar-refractivity contribution in [1.29, 1.82) is 0 Å². The zero-order chi connectivity index (χ0) is 41.9. The molecule has 2 atom stereocenters. The maximum Gasteiger partial charge on any atom is 1.00 e. The summed E-state index contributed by atoms with van der Waals surface area (Å²) in [6.45, 7) is 4.46. The van der Waals surface area contributed by atoms with Gasteiger partial charge in [0.2, 0.25) is 0 Å². The van der Waals surface area contributed by atoms with Gasteiger partial charge in [-0.25, -0.2) is 0 Å². The van der Waals surface area contributed by atoms with Gasteiger partial charge in [-0.15, -0.1) is 0 Å². The molecule has 0 saturated heterocycles. The molecule has 324 valence electrons. The maximum absolute atomic E-state index is 12.1. The van der Waals surface area contributed by atoms with Crippen LogP contribution in [-0.4, -0.2) is 50.3 Å². The number of hydrogen-bond donors (Lipinski definition) is 0. The smallest absolute Gasteiger partial charge is 0.550 e. The van der Waals surface area contributed by atoms with E-state index in [2.05, 4.69) is 26.0 Å². The van der Waals surface area contributed by atoms with E-state index in [1.165, 1.54) is 77.0 Å². The van der Waals surface area contributed by atoms with Crippen molar-refractivity contribution in [3.8, 4) is 0 Å². The third-order valence-corrected chi connectivity index (χ3v) is 9.50. The Balaban J connectivity index is -0.00000189. The Kier molecular flexibility index (Phi) is 50.8. The van der Waals surface area contributed by atoms with Crippen molar-refractivity contribution >= 4 is 23.9 Å². The molecule has 4 radical (unpaired) electrons. The summed E-state index contributed by atoms with van der Waals surface area (Å²) in [5, 5.41) is 22.9. The molecule has 9 nitrogen and oxygen atoms in total. The number of rotatable bonds is 34. The molecule has 2 aromatic carbocycles. The minimum absolute atomic E-state index is 0. The third kappa shape index (κ3) is 45.5. The molecule has 11 heteroatoms. The molecule has 0 N–H and O–H groups in total. The summed E-state index contributed by atoms with van der Waals surface area (Å²) in [5.41, 5.74) is 0. The van der Waals surface area contributed by atoms with Gasteiger partial charge in [0.15, 0.2) is 0 Å². The van der Waals surface area contributed by atoms with Crippen LogP contribution in [0.25, 0.3) is 0 Å². The Bertz CT molecular complexity index is 1040. The normalized spacial score (nSPS) is 11.2. The van der Waals surface area contributed by atoms with E-state index in [0.717, 1.165) is 51.4 Å². The van der Waals surface area contributed by atoms with Crippen LogP contribution in [-0.2, 0) is 88.7 Å². The molecule has 0 aliphatic carbocycles. The number of carbonyl (C=O) groups is 4. The quantitative estimate of drug-likeness (QED) is 0.0381. The number of benzene rings is 2. The SMILES string of the molecule is CCCCCCCCCCCCC(CC(=O)OCCOCCOC(=O)CC(CCCCCCCCCCCC)C(=O)[O-])C(=O)[O-].[Hg+].[Hg+].[c]1ccccc1.[c]1ccccc1. The average Bonchev–Trinajstić information content (AvgIpc) is 3.22. The van der Waals surface area contributed by atoms with Crippen LogP contribution >= 0.6 is 0 Å². The Labute approximate surface area is 398 Å². The molecule has 0 aliphatic rings. The summed E-state index contributed by atoms with van der Waals surface area (Å²) in [7, 11) is 0. The third-order valence-electron chi connectivity index (χ3n) is 9.50. The number of carboxylic acids is 2. The summed E-state index contributed by atoms with van der Waals surface area (Å²) in [4.78, 5) is 47.0.